The van der Waals surface area contributed by atoms with Crippen LogP contribution < -0.4 is 5.32 Å². The van der Waals surface area contributed by atoms with Gasteiger partial charge in [-0.3, -0.25) is 19.7 Å². The zero-order chi connectivity index (χ0) is 15.1. The summed E-state index contributed by atoms with van der Waals surface area (Å²) in [7, 11) is 0. The third kappa shape index (κ3) is 1.96. The summed E-state index contributed by atoms with van der Waals surface area (Å²) >= 11 is 0. The molecule has 2 heterocycles. The van der Waals surface area contributed by atoms with Crippen LogP contribution >= 0.6 is 0 Å². The maximum atomic E-state index is 14.1. The highest BCUT2D eigenvalue weighted by Crippen LogP contribution is 2.30. The molecule has 7 heteroatoms. The number of amides is 3. The van der Waals surface area contributed by atoms with Gasteiger partial charge in [0, 0.05) is 13.0 Å². The van der Waals surface area contributed by atoms with Crippen LogP contribution in [-0.2, 0) is 16.1 Å². The van der Waals surface area contributed by atoms with Crippen molar-refractivity contribution < 1.29 is 18.8 Å². The number of carbonyl (C=O) groups is 3. The Labute approximate surface area is 119 Å². The van der Waals surface area contributed by atoms with Gasteiger partial charge >= 0.3 is 0 Å². The molecule has 2 aliphatic rings. The minimum absolute atomic E-state index is 0.100. The molecule has 0 spiro atoms. The molecule has 6 nitrogen and oxygen atoms in total. The van der Waals surface area contributed by atoms with Gasteiger partial charge in [-0.15, -0.1) is 0 Å². The Morgan fingerprint density at radius 2 is 2.10 bits per heavy atom. The van der Waals surface area contributed by atoms with E-state index in [1.165, 1.54) is 17.0 Å². The molecule has 0 radical (unpaired) electrons. The molecule has 1 aromatic carbocycles. The van der Waals surface area contributed by atoms with E-state index in [4.69, 9.17) is 5.26 Å². The van der Waals surface area contributed by atoms with Gasteiger partial charge in [0.05, 0.1) is 11.1 Å². The van der Waals surface area contributed by atoms with E-state index in [-0.39, 0.29) is 36.4 Å². The number of nitriles is 1. The van der Waals surface area contributed by atoms with Crippen molar-refractivity contribution in [2.45, 2.75) is 25.4 Å². The smallest absolute Gasteiger partial charge is 0.258 e. The van der Waals surface area contributed by atoms with Crippen LogP contribution in [0.15, 0.2) is 12.1 Å². The maximum Gasteiger partial charge on any atom is 0.258 e. The highest BCUT2D eigenvalue weighted by Gasteiger charge is 2.40. The highest BCUT2D eigenvalue weighted by molar-refractivity contribution is 6.05. The number of nitrogens with zero attached hydrogens (tertiary/aromatic N) is 2. The minimum atomic E-state index is -0.852. The highest BCUT2D eigenvalue weighted by atomic mass is 19.1. The molecule has 0 bridgehead atoms. The zero-order valence-electron chi connectivity index (χ0n) is 10.9. The molecule has 3 amide bonds. The number of nitrogens with one attached hydrogen (secondary N) is 1. The van der Waals surface area contributed by atoms with Crippen LogP contribution in [0.2, 0.25) is 0 Å². The summed E-state index contributed by atoms with van der Waals surface area (Å²) in [6.45, 7) is 0.100. The summed E-state index contributed by atoms with van der Waals surface area (Å²) < 4.78 is 14.1. The van der Waals surface area contributed by atoms with Crippen molar-refractivity contribution in [3.05, 3.63) is 34.6 Å². The number of hydrogen-bond acceptors (Lipinski definition) is 4. The normalized spacial score (nSPS) is 21.0. The first-order valence-corrected chi connectivity index (χ1v) is 6.39. The Balaban J connectivity index is 1.94. The Morgan fingerprint density at radius 3 is 2.76 bits per heavy atom. The molecule has 1 N–H and O–H groups in total. The zero-order valence-corrected chi connectivity index (χ0v) is 10.9. The average molecular weight is 287 g/mol. The van der Waals surface area contributed by atoms with Crippen LogP contribution in [0.4, 0.5) is 4.39 Å². The van der Waals surface area contributed by atoms with Crippen molar-refractivity contribution in [3.8, 4) is 6.07 Å². The summed E-state index contributed by atoms with van der Waals surface area (Å²) in [6.07, 6.45) is 0.361. The molecule has 1 aromatic rings. The largest absolute Gasteiger partial charge is 0.322 e. The Hall–Kier alpha value is -2.75. The van der Waals surface area contributed by atoms with Gasteiger partial charge < -0.3 is 4.90 Å². The Kier molecular flexibility index (Phi) is 2.94. The van der Waals surface area contributed by atoms with E-state index in [1.807, 2.05) is 0 Å². The quantitative estimate of drug-likeness (QED) is 0.760. The van der Waals surface area contributed by atoms with Crippen LogP contribution in [-0.4, -0.2) is 28.7 Å². The van der Waals surface area contributed by atoms with Gasteiger partial charge in [-0.2, -0.15) is 5.26 Å². The Bertz CT molecular complexity index is 723. The molecular formula is C14H10FN3O3. The van der Waals surface area contributed by atoms with Crippen molar-refractivity contribution >= 4 is 17.7 Å². The van der Waals surface area contributed by atoms with Crippen LogP contribution in [0.25, 0.3) is 0 Å². The second kappa shape index (κ2) is 4.66. The lowest BCUT2D eigenvalue weighted by atomic mass is 10.0. The molecule has 3 rings (SSSR count). The molecule has 2 aliphatic heterocycles. The molecule has 21 heavy (non-hydrogen) atoms. The first-order chi connectivity index (χ1) is 10.0. The molecule has 1 atom stereocenters. The summed E-state index contributed by atoms with van der Waals surface area (Å²) in [5, 5.41) is 11.0. The third-order valence-corrected chi connectivity index (χ3v) is 3.75. The molecule has 1 fully saturated rings. The molecule has 1 unspecified atom stereocenters. The number of benzene rings is 1. The van der Waals surface area contributed by atoms with E-state index < -0.39 is 23.7 Å². The summed E-state index contributed by atoms with van der Waals surface area (Å²) in [6, 6.07) is 3.73. The number of rotatable bonds is 1. The number of fused-ring (bicyclic) bond motifs is 1. The van der Waals surface area contributed by atoms with Crippen LogP contribution in [0, 0.1) is 17.1 Å². The van der Waals surface area contributed by atoms with Crippen molar-refractivity contribution in [3.63, 3.8) is 0 Å². The summed E-state index contributed by atoms with van der Waals surface area (Å²) in [4.78, 5) is 36.5. The minimum Gasteiger partial charge on any atom is -0.322 e. The molecule has 0 aromatic heterocycles. The van der Waals surface area contributed by atoms with Gasteiger partial charge in [-0.05, 0) is 18.1 Å². The fraction of sp³-hybridized carbons (Fsp3) is 0.286. The van der Waals surface area contributed by atoms with Gasteiger partial charge in [-0.25, -0.2) is 4.39 Å². The fourth-order valence-corrected chi connectivity index (χ4v) is 2.70. The monoisotopic (exact) mass is 287 g/mol. The molecule has 0 saturated carbocycles. The molecular weight excluding hydrogens is 277 g/mol. The summed E-state index contributed by atoms with van der Waals surface area (Å²) in [5.74, 6) is -2.39. The fourth-order valence-electron chi connectivity index (χ4n) is 2.70. The van der Waals surface area contributed by atoms with Gasteiger partial charge in [0.1, 0.15) is 12.1 Å². The molecule has 0 aliphatic carbocycles. The standard InChI is InChI=1S/C14H10FN3O3/c15-12-7(5-16)1-2-8-6-18(14(21)11(8)12)9-3-4-10(19)17-13(9)20/h1-2,9H,3-4,6H2,(H,17,19,20). The van der Waals surface area contributed by atoms with Gasteiger partial charge in [0.2, 0.25) is 11.8 Å². The first kappa shape index (κ1) is 13.2. The maximum absolute atomic E-state index is 14.1. The van der Waals surface area contributed by atoms with Crippen molar-refractivity contribution in [2.24, 2.45) is 0 Å². The topological polar surface area (TPSA) is 90.3 Å². The lowest BCUT2D eigenvalue weighted by Gasteiger charge is -2.29. The van der Waals surface area contributed by atoms with Crippen LogP contribution in [0.5, 0.6) is 0 Å². The lowest BCUT2D eigenvalue weighted by Crippen LogP contribution is -2.52. The second-order valence-corrected chi connectivity index (χ2v) is 4.97. The van der Waals surface area contributed by atoms with E-state index >= 15 is 0 Å². The van der Waals surface area contributed by atoms with Gasteiger partial charge in [0.15, 0.2) is 5.82 Å². The molecule has 106 valence electrons. The third-order valence-electron chi connectivity index (χ3n) is 3.75. The van der Waals surface area contributed by atoms with E-state index in [9.17, 15) is 18.8 Å². The van der Waals surface area contributed by atoms with Crippen molar-refractivity contribution in [1.82, 2.24) is 10.2 Å². The van der Waals surface area contributed by atoms with Gasteiger partial charge in [0.25, 0.3) is 5.91 Å². The SMILES string of the molecule is N#Cc1ccc2c(c1F)C(=O)N(C1CCC(=O)NC1=O)C2. The van der Waals surface area contributed by atoms with E-state index in [0.29, 0.717) is 5.56 Å². The molecule has 1 saturated heterocycles. The number of imide groups is 1. The van der Waals surface area contributed by atoms with Crippen molar-refractivity contribution in [1.29, 1.82) is 5.26 Å². The lowest BCUT2D eigenvalue weighted by molar-refractivity contribution is -0.136. The van der Waals surface area contributed by atoms with Crippen LogP contribution in [0.1, 0.15) is 34.3 Å². The first-order valence-electron chi connectivity index (χ1n) is 6.39. The number of piperidine rings is 1. The number of halogens is 1. The van der Waals surface area contributed by atoms with Gasteiger partial charge in [-0.1, -0.05) is 6.07 Å². The second-order valence-electron chi connectivity index (χ2n) is 4.97. The predicted octanol–water partition coefficient (Wildman–Crippen LogP) is 0.458. The average Bonchev–Trinajstić information content (AvgIpc) is 2.77. The van der Waals surface area contributed by atoms with E-state index in [0.717, 1.165) is 0 Å². The Morgan fingerprint density at radius 1 is 1.33 bits per heavy atom. The number of carbonyl (C=O) groups excluding carboxylic acids is 3. The van der Waals surface area contributed by atoms with Crippen LogP contribution in [0.3, 0.4) is 0 Å². The van der Waals surface area contributed by atoms with E-state index in [1.54, 1.807) is 6.07 Å². The predicted molar refractivity (Wildman–Crippen MR) is 67.2 cm³/mol. The number of hydrogen-bond donors (Lipinski definition) is 1. The summed E-state index contributed by atoms with van der Waals surface area (Å²) in [5.41, 5.74) is 0.0900. The van der Waals surface area contributed by atoms with E-state index in [2.05, 4.69) is 5.32 Å². The van der Waals surface area contributed by atoms with Crippen molar-refractivity contribution in [2.75, 3.05) is 0 Å².